The van der Waals surface area contributed by atoms with E-state index in [9.17, 15) is 28.8 Å². The third-order valence-electron chi connectivity index (χ3n) is 6.11. The summed E-state index contributed by atoms with van der Waals surface area (Å²) in [4.78, 5) is 77.5. The van der Waals surface area contributed by atoms with Crippen molar-refractivity contribution in [3.8, 4) is 5.75 Å². The Bertz CT molecular complexity index is 1170. The minimum absolute atomic E-state index is 0.00211. The molecule has 0 bridgehead atoms. The van der Waals surface area contributed by atoms with Crippen molar-refractivity contribution >= 4 is 35.8 Å². The summed E-state index contributed by atoms with van der Waals surface area (Å²) in [5, 5.41) is 0. The second-order valence-corrected chi connectivity index (χ2v) is 10.7. The van der Waals surface area contributed by atoms with Crippen molar-refractivity contribution in [2.45, 2.75) is 138 Å². The zero-order valence-electron chi connectivity index (χ0n) is 27.4. The van der Waals surface area contributed by atoms with Crippen LogP contribution in [0, 0.1) is 6.92 Å². The van der Waals surface area contributed by atoms with E-state index in [1.54, 1.807) is 27.7 Å². The number of ether oxygens (including phenoxy) is 6. The molecule has 0 spiro atoms. The third kappa shape index (κ3) is 16.0. The average molecular weight is 638 g/mol. The highest BCUT2D eigenvalue weighted by molar-refractivity contribution is 5.76. The number of aromatic nitrogens is 1. The summed E-state index contributed by atoms with van der Waals surface area (Å²) < 4.78 is 32.1. The lowest BCUT2D eigenvalue weighted by molar-refractivity contribution is -0.157. The maximum absolute atomic E-state index is 12.8. The van der Waals surface area contributed by atoms with Gasteiger partial charge in [0, 0.05) is 36.6 Å². The number of esters is 6. The fourth-order valence-electron chi connectivity index (χ4n) is 3.97. The van der Waals surface area contributed by atoms with Crippen LogP contribution in [0.4, 0.5) is 0 Å². The lowest BCUT2D eigenvalue weighted by Gasteiger charge is -2.19. The van der Waals surface area contributed by atoms with Crippen molar-refractivity contribution in [3.05, 3.63) is 23.0 Å². The van der Waals surface area contributed by atoms with Crippen molar-refractivity contribution in [2.75, 3.05) is 0 Å². The summed E-state index contributed by atoms with van der Waals surface area (Å²) in [7, 11) is 0. The topological polar surface area (TPSA) is 171 Å². The standard InChI is InChI=1S/C32H47NO12/c1-8-11-26(34)42-20(4)14-29(37)40-18-24-17-33-23(7)32(45-31(39)16-22(6)44-28(36)13-10-3)25(24)19-41-30(38)15-21(5)43-27(35)12-9-2/h17,20-22H,8-16,18-19H2,1-7H3/t20-,21-,22?/m1/s1. The van der Waals surface area contributed by atoms with Gasteiger partial charge in [0.05, 0.1) is 25.0 Å². The summed E-state index contributed by atoms with van der Waals surface area (Å²) in [6.07, 6.45) is 1.07. The zero-order chi connectivity index (χ0) is 33.9. The zero-order valence-corrected chi connectivity index (χ0v) is 27.4. The van der Waals surface area contributed by atoms with Gasteiger partial charge in [0.1, 0.15) is 31.5 Å². The van der Waals surface area contributed by atoms with Crippen LogP contribution in [0.2, 0.25) is 0 Å². The SMILES string of the molecule is CCCC(=O)OC(C)CC(=O)Oc1c(C)ncc(COC(=O)C[C@@H](C)OC(=O)CCC)c1COC(=O)C[C@@H](C)OC(=O)CCC. The highest BCUT2D eigenvalue weighted by atomic mass is 16.6. The van der Waals surface area contributed by atoms with Gasteiger partial charge in [-0.05, 0) is 47.0 Å². The molecule has 0 aliphatic rings. The number of hydrogen-bond acceptors (Lipinski definition) is 13. The van der Waals surface area contributed by atoms with Gasteiger partial charge in [-0.3, -0.25) is 33.8 Å². The van der Waals surface area contributed by atoms with Gasteiger partial charge >= 0.3 is 35.8 Å². The largest absolute Gasteiger partial charge is 0.462 e. The van der Waals surface area contributed by atoms with Gasteiger partial charge in [-0.15, -0.1) is 0 Å². The van der Waals surface area contributed by atoms with Gasteiger partial charge in [-0.1, -0.05) is 20.8 Å². The molecule has 1 aromatic heterocycles. The van der Waals surface area contributed by atoms with Crippen molar-refractivity contribution in [2.24, 2.45) is 0 Å². The third-order valence-corrected chi connectivity index (χ3v) is 6.11. The Morgan fingerprint density at radius 1 is 0.622 bits per heavy atom. The second-order valence-electron chi connectivity index (χ2n) is 10.7. The molecule has 0 N–H and O–H groups in total. The van der Waals surface area contributed by atoms with Crippen LogP contribution < -0.4 is 4.74 Å². The highest BCUT2D eigenvalue weighted by Gasteiger charge is 2.23. The molecule has 0 radical (unpaired) electrons. The molecular formula is C32H47NO12. The van der Waals surface area contributed by atoms with Crippen LogP contribution in [0.5, 0.6) is 5.75 Å². The normalized spacial score (nSPS) is 12.7. The summed E-state index contributed by atoms with van der Waals surface area (Å²) in [5.41, 5.74) is 0.814. The van der Waals surface area contributed by atoms with E-state index >= 15 is 0 Å². The van der Waals surface area contributed by atoms with Crippen LogP contribution in [-0.4, -0.2) is 59.1 Å². The molecule has 13 nitrogen and oxygen atoms in total. The number of nitrogens with zero attached hydrogens (tertiary/aromatic N) is 1. The Kier molecular flexibility index (Phi) is 18.1. The molecule has 0 saturated carbocycles. The number of hydrogen-bond donors (Lipinski definition) is 0. The van der Waals surface area contributed by atoms with Crippen LogP contribution in [0.15, 0.2) is 6.20 Å². The van der Waals surface area contributed by atoms with Gasteiger partial charge in [-0.25, -0.2) is 0 Å². The van der Waals surface area contributed by atoms with E-state index < -0.39 is 54.1 Å². The summed E-state index contributed by atoms with van der Waals surface area (Å²) in [6, 6.07) is 0. The number of rotatable bonds is 20. The maximum Gasteiger partial charge on any atom is 0.315 e. The summed E-state index contributed by atoms with van der Waals surface area (Å²) in [6.45, 7) is 11.1. The van der Waals surface area contributed by atoms with Gasteiger partial charge in [0.25, 0.3) is 0 Å². The first-order chi connectivity index (χ1) is 21.3. The Hall–Kier alpha value is -4.03. The number of pyridine rings is 1. The summed E-state index contributed by atoms with van der Waals surface area (Å²) in [5.74, 6) is -3.34. The first-order valence-corrected chi connectivity index (χ1v) is 15.4. The molecule has 0 aromatic carbocycles. The van der Waals surface area contributed by atoms with Gasteiger partial charge in [-0.2, -0.15) is 0 Å². The lowest BCUT2D eigenvalue weighted by Crippen LogP contribution is -2.23. The molecule has 0 aliphatic carbocycles. The van der Waals surface area contributed by atoms with Crippen LogP contribution in [0.3, 0.4) is 0 Å². The minimum Gasteiger partial charge on any atom is -0.462 e. The van der Waals surface area contributed by atoms with E-state index in [2.05, 4.69) is 4.98 Å². The predicted octanol–water partition coefficient (Wildman–Crippen LogP) is 4.75. The van der Waals surface area contributed by atoms with Crippen molar-refractivity contribution in [3.63, 3.8) is 0 Å². The Balaban J connectivity index is 3.09. The predicted molar refractivity (Wildman–Crippen MR) is 159 cm³/mol. The first kappa shape index (κ1) is 39.0. The van der Waals surface area contributed by atoms with E-state index in [1.165, 1.54) is 6.20 Å². The van der Waals surface area contributed by atoms with E-state index in [0.717, 1.165) is 0 Å². The number of aryl methyl sites for hydroxylation is 1. The smallest absolute Gasteiger partial charge is 0.315 e. The second kappa shape index (κ2) is 20.8. The first-order valence-electron chi connectivity index (χ1n) is 15.4. The molecule has 1 aromatic rings. The van der Waals surface area contributed by atoms with E-state index in [1.807, 2.05) is 20.8 Å². The quantitative estimate of drug-likeness (QED) is 0.142. The molecule has 0 saturated heterocycles. The highest BCUT2D eigenvalue weighted by Crippen LogP contribution is 2.28. The van der Waals surface area contributed by atoms with Crippen LogP contribution >= 0.6 is 0 Å². The molecule has 0 amide bonds. The molecule has 0 fully saturated rings. The van der Waals surface area contributed by atoms with E-state index in [0.29, 0.717) is 30.5 Å². The van der Waals surface area contributed by atoms with Gasteiger partial charge in [0.15, 0.2) is 5.75 Å². The Morgan fingerprint density at radius 3 is 1.44 bits per heavy atom. The van der Waals surface area contributed by atoms with E-state index in [4.69, 9.17) is 28.4 Å². The molecule has 3 atom stereocenters. The molecule has 13 heteroatoms. The van der Waals surface area contributed by atoms with Crippen LogP contribution in [0.1, 0.15) is 116 Å². The fourth-order valence-corrected chi connectivity index (χ4v) is 3.97. The fraction of sp³-hybridized carbons (Fsp3) is 0.656. The molecule has 0 aliphatic heterocycles. The average Bonchev–Trinajstić information content (AvgIpc) is 2.92. The number of carbonyl (C=O) groups is 6. The van der Waals surface area contributed by atoms with Crippen molar-refractivity contribution in [1.82, 2.24) is 4.98 Å². The van der Waals surface area contributed by atoms with Crippen molar-refractivity contribution in [1.29, 1.82) is 0 Å². The molecule has 1 rings (SSSR count). The maximum atomic E-state index is 12.8. The number of carbonyl (C=O) groups excluding carboxylic acids is 6. The molecule has 252 valence electrons. The molecular weight excluding hydrogens is 590 g/mol. The van der Waals surface area contributed by atoms with Crippen LogP contribution in [-0.2, 0) is 65.7 Å². The summed E-state index contributed by atoms with van der Waals surface area (Å²) >= 11 is 0. The van der Waals surface area contributed by atoms with Gasteiger partial charge < -0.3 is 28.4 Å². The Morgan fingerprint density at radius 2 is 1.02 bits per heavy atom. The lowest BCUT2D eigenvalue weighted by atomic mass is 10.1. The molecule has 1 heterocycles. The Labute approximate surface area is 264 Å². The molecule has 1 unspecified atom stereocenters. The van der Waals surface area contributed by atoms with E-state index in [-0.39, 0.29) is 63.1 Å². The van der Waals surface area contributed by atoms with Gasteiger partial charge in [0.2, 0.25) is 0 Å². The van der Waals surface area contributed by atoms with Crippen LogP contribution in [0.25, 0.3) is 0 Å². The molecule has 45 heavy (non-hydrogen) atoms. The van der Waals surface area contributed by atoms with Crippen molar-refractivity contribution < 1.29 is 57.2 Å². The monoisotopic (exact) mass is 637 g/mol. The minimum atomic E-state index is -0.749.